The first-order valence-corrected chi connectivity index (χ1v) is 8.71. The third-order valence-corrected chi connectivity index (χ3v) is 4.82. The standard InChI is InChI=1S/C15H18N2O5S/c1-11(22-10-13-3-2-8-21-13)15(18)17-23(19,20)14-6-4-12(9-16)5-7-14/h4-7,11,13H,2-3,8,10H2,1H3,(H,17,18)/t11-,13+/m1/s1. The molecule has 7 nitrogen and oxygen atoms in total. The van der Waals surface area contributed by atoms with Gasteiger partial charge in [0.1, 0.15) is 6.10 Å². The molecule has 0 saturated carbocycles. The number of carbonyl (C=O) groups excluding carboxylic acids is 1. The van der Waals surface area contributed by atoms with E-state index < -0.39 is 22.0 Å². The Labute approximate surface area is 135 Å². The van der Waals surface area contributed by atoms with E-state index in [1.165, 1.54) is 31.2 Å². The number of nitrogens with zero attached hydrogens (tertiary/aromatic N) is 1. The van der Waals surface area contributed by atoms with Crippen LogP contribution in [-0.2, 0) is 24.3 Å². The van der Waals surface area contributed by atoms with E-state index in [1.54, 1.807) is 0 Å². The summed E-state index contributed by atoms with van der Waals surface area (Å²) in [6.07, 6.45) is 0.882. The van der Waals surface area contributed by atoms with Gasteiger partial charge in [0, 0.05) is 6.61 Å². The number of hydrogen-bond donors (Lipinski definition) is 1. The molecule has 1 aliphatic heterocycles. The summed E-state index contributed by atoms with van der Waals surface area (Å²) in [6.45, 7) is 2.42. The van der Waals surface area contributed by atoms with Crippen LogP contribution in [0.3, 0.4) is 0 Å². The Morgan fingerprint density at radius 2 is 2.17 bits per heavy atom. The van der Waals surface area contributed by atoms with E-state index in [-0.39, 0.29) is 17.6 Å². The van der Waals surface area contributed by atoms with Crippen LogP contribution in [0.1, 0.15) is 25.3 Å². The van der Waals surface area contributed by atoms with E-state index in [4.69, 9.17) is 14.7 Å². The SMILES string of the molecule is C[C@@H](OC[C@@H]1CCCO1)C(=O)NS(=O)(=O)c1ccc(C#N)cc1. The first kappa shape index (κ1) is 17.4. The maximum Gasteiger partial charge on any atom is 0.264 e. The molecule has 1 N–H and O–H groups in total. The summed E-state index contributed by atoms with van der Waals surface area (Å²) in [7, 11) is -3.99. The Morgan fingerprint density at radius 3 is 2.74 bits per heavy atom. The van der Waals surface area contributed by atoms with Crippen LogP contribution in [0.15, 0.2) is 29.2 Å². The van der Waals surface area contributed by atoms with Gasteiger partial charge in [0.05, 0.1) is 29.2 Å². The highest BCUT2D eigenvalue weighted by Crippen LogP contribution is 2.13. The highest BCUT2D eigenvalue weighted by atomic mass is 32.2. The maximum atomic E-state index is 12.1. The van der Waals surface area contributed by atoms with Crippen LogP contribution in [0, 0.1) is 11.3 Å². The summed E-state index contributed by atoms with van der Waals surface area (Å²) in [5.41, 5.74) is 0.337. The van der Waals surface area contributed by atoms with E-state index in [2.05, 4.69) is 0 Å². The van der Waals surface area contributed by atoms with E-state index in [9.17, 15) is 13.2 Å². The van der Waals surface area contributed by atoms with Gasteiger partial charge in [-0.3, -0.25) is 4.79 Å². The summed E-state index contributed by atoms with van der Waals surface area (Å²) >= 11 is 0. The predicted octanol–water partition coefficient (Wildman–Crippen LogP) is 0.947. The highest BCUT2D eigenvalue weighted by molar-refractivity contribution is 7.90. The Hall–Kier alpha value is -1.95. The van der Waals surface area contributed by atoms with Crippen LogP contribution in [0.5, 0.6) is 0 Å². The minimum absolute atomic E-state index is 0.0413. The lowest BCUT2D eigenvalue weighted by molar-refractivity contribution is -0.131. The second kappa shape index (κ2) is 7.55. The lowest BCUT2D eigenvalue weighted by atomic mass is 10.2. The van der Waals surface area contributed by atoms with Crippen LogP contribution in [0.4, 0.5) is 0 Å². The van der Waals surface area contributed by atoms with Crippen LogP contribution < -0.4 is 4.72 Å². The molecule has 0 aliphatic carbocycles. The Kier molecular flexibility index (Phi) is 5.71. The fourth-order valence-corrected chi connectivity index (χ4v) is 3.13. The van der Waals surface area contributed by atoms with Crippen molar-refractivity contribution in [3.63, 3.8) is 0 Å². The molecule has 8 heteroatoms. The van der Waals surface area contributed by atoms with E-state index in [1.807, 2.05) is 10.8 Å². The lowest BCUT2D eigenvalue weighted by Crippen LogP contribution is -2.39. The van der Waals surface area contributed by atoms with Crippen molar-refractivity contribution >= 4 is 15.9 Å². The number of nitrogens with one attached hydrogen (secondary N) is 1. The van der Waals surface area contributed by atoms with Crippen molar-refractivity contribution in [2.24, 2.45) is 0 Å². The van der Waals surface area contributed by atoms with Gasteiger partial charge >= 0.3 is 0 Å². The van der Waals surface area contributed by atoms with Crippen molar-refractivity contribution in [2.75, 3.05) is 13.2 Å². The molecule has 1 aromatic rings. The van der Waals surface area contributed by atoms with Gasteiger partial charge in [-0.25, -0.2) is 13.1 Å². The van der Waals surface area contributed by atoms with Gasteiger partial charge in [-0.1, -0.05) is 0 Å². The van der Waals surface area contributed by atoms with E-state index in [0.29, 0.717) is 12.2 Å². The zero-order chi connectivity index (χ0) is 16.9. The summed E-state index contributed by atoms with van der Waals surface area (Å²) in [4.78, 5) is 11.9. The van der Waals surface area contributed by atoms with Gasteiger partial charge in [-0.2, -0.15) is 5.26 Å². The normalized spacial score (nSPS) is 19.0. The number of carbonyl (C=O) groups is 1. The Morgan fingerprint density at radius 1 is 1.48 bits per heavy atom. The molecule has 0 aromatic heterocycles. The average molecular weight is 338 g/mol. The summed E-state index contributed by atoms with van der Waals surface area (Å²) < 4.78 is 36.9. The van der Waals surface area contributed by atoms with Crippen LogP contribution >= 0.6 is 0 Å². The van der Waals surface area contributed by atoms with Crippen molar-refractivity contribution < 1.29 is 22.7 Å². The van der Waals surface area contributed by atoms with E-state index >= 15 is 0 Å². The van der Waals surface area contributed by atoms with Crippen LogP contribution in [0.25, 0.3) is 0 Å². The lowest BCUT2D eigenvalue weighted by Gasteiger charge is -2.16. The van der Waals surface area contributed by atoms with Crippen molar-refractivity contribution in [3.05, 3.63) is 29.8 Å². The van der Waals surface area contributed by atoms with Crippen molar-refractivity contribution in [2.45, 2.75) is 36.9 Å². The summed E-state index contributed by atoms with van der Waals surface area (Å²) in [5, 5.41) is 8.70. The molecule has 1 amide bonds. The largest absolute Gasteiger partial charge is 0.376 e. The molecule has 0 bridgehead atoms. The molecular formula is C15H18N2O5S. The molecule has 1 aromatic carbocycles. The van der Waals surface area contributed by atoms with Crippen LogP contribution in [0.2, 0.25) is 0 Å². The molecule has 1 saturated heterocycles. The molecule has 0 unspecified atom stereocenters. The van der Waals surface area contributed by atoms with Crippen molar-refractivity contribution in [1.82, 2.24) is 4.72 Å². The molecule has 124 valence electrons. The first-order chi connectivity index (χ1) is 10.9. The monoisotopic (exact) mass is 338 g/mol. The van der Waals surface area contributed by atoms with E-state index in [0.717, 1.165) is 12.8 Å². The zero-order valence-electron chi connectivity index (χ0n) is 12.7. The number of ether oxygens (including phenoxy) is 2. The quantitative estimate of drug-likeness (QED) is 0.828. The molecule has 2 rings (SSSR count). The topological polar surface area (TPSA) is 105 Å². The summed E-state index contributed by atoms with van der Waals surface area (Å²) in [5.74, 6) is -0.743. The zero-order valence-corrected chi connectivity index (χ0v) is 13.5. The second-order valence-corrected chi connectivity index (χ2v) is 6.90. The smallest absolute Gasteiger partial charge is 0.264 e. The highest BCUT2D eigenvalue weighted by Gasteiger charge is 2.24. The van der Waals surface area contributed by atoms with Crippen molar-refractivity contribution in [1.29, 1.82) is 5.26 Å². The fraction of sp³-hybridized carbons (Fsp3) is 0.467. The summed E-state index contributed by atoms with van der Waals surface area (Å²) in [6, 6.07) is 7.18. The van der Waals surface area contributed by atoms with Crippen LogP contribution in [-0.4, -0.2) is 39.7 Å². The number of nitriles is 1. The van der Waals surface area contributed by atoms with Gasteiger partial charge < -0.3 is 9.47 Å². The molecule has 1 fully saturated rings. The maximum absolute atomic E-state index is 12.1. The number of sulfonamides is 1. The fourth-order valence-electron chi connectivity index (χ4n) is 2.09. The van der Waals surface area contributed by atoms with Crippen molar-refractivity contribution in [3.8, 4) is 6.07 Å². The van der Waals surface area contributed by atoms with Gasteiger partial charge in [-0.05, 0) is 44.0 Å². The first-order valence-electron chi connectivity index (χ1n) is 7.22. The Balaban J connectivity index is 1.92. The van der Waals surface area contributed by atoms with Gasteiger partial charge in [0.15, 0.2) is 0 Å². The third kappa shape index (κ3) is 4.76. The van der Waals surface area contributed by atoms with Gasteiger partial charge in [-0.15, -0.1) is 0 Å². The molecule has 0 spiro atoms. The van der Waals surface area contributed by atoms with Gasteiger partial charge in [0.2, 0.25) is 0 Å². The molecule has 1 aliphatic rings. The molecule has 0 radical (unpaired) electrons. The minimum Gasteiger partial charge on any atom is -0.376 e. The number of rotatable bonds is 6. The third-order valence-electron chi connectivity index (χ3n) is 3.45. The molecular weight excluding hydrogens is 320 g/mol. The van der Waals surface area contributed by atoms with Gasteiger partial charge in [0.25, 0.3) is 15.9 Å². The number of hydrogen-bond acceptors (Lipinski definition) is 6. The molecule has 1 heterocycles. The minimum atomic E-state index is -3.99. The molecule has 23 heavy (non-hydrogen) atoms. The number of benzene rings is 1. The second-order valence-electron chi connectivity index (χ2n) is 5.22. The average Bonchev–Trinajstić information content (AvgIpc) is 3.05. The predicted molar refractivity (Wildman–Crippen MR) is 80.9 cm³/mol. The molecule has 2 atom stereocenters. The Bertz CT molecular complexity index is 688. The number of amides is 1.